The Balaban J connectivity index is 2.33. The zero-order valence-corrected chi connectivity index (χ0v) is 11.6. The van der Waals surface area contributed by atoms with Crippen LogP contribution in [0.15, 0.2) is 0 Å². The van der Waals surface area contributed by atoms with Gasteiger partial charge in [0.15, 0.2) is 0 Å². The molecule has 0 spiro atoms. The summed E-state index contributed by atoms with van der Waals surface area (Å²) in [6.45, 7) is 8.35. The number of anilines is 2. The van der Waals surface area contributed by atoms with E-state index in [1.165, 1.54) is 0 Å². The molecule has 1 aromatic rings. The van der Waals surface area contributed by atoms with Crippen LogP contribution in [0.1, 0.15) is 24.7 Å². The molecule has 1 aliphatic rings. The third-order valence-corrected chi connectivity index (χ3v) is 3.29. The number of nitrogens with zero attached hydrogens (tertiary/aromatic N) is 3. The molecule has 1 aliphatic heterocycles. The smallest absolute Gasteiger partial charge is 0.137 e. The molecule has 1 saturated heterocycles. The highest BCUT2D eigenvalue weighted by atomic mass is 15.2. The van der Waals surface area contributed by atoms with Crippen molar-refractivity contribution in [2.45, 2.75) is 26.7 Å². The van der Waals surface area contributed by atoms with Gasteiger partial charge in [-0.1, -0.05) is 6.92 Å². The molecule has 0 bridgehead atoms. The summed E-state index contributed by atoms with van der Waals surface area (Å²) in [5.41, 5.74) is 1.15. The molecular weight excluding hydrogens is 226 g/mol. The zero-order valence-electron chi connectivity index (χ0n) is 11.6. The minimum absolute atomic E-state index is 0.939. The van der Waals surface area contributed by atoms with E-state index in [9.17, 15) is 0 Å². The fourth-order valence-corrected chi connectivity index (χ4v) is 2.31. The van der Waals surface area contributed by atoms with Crippen LogP contribution in [0, 0.1) is 6.92 Å². The van der Waals surface area contributed by atoms with Gasteiger partial charge in [0.05, 0.1) is 0 Å². The predicted molar refractivity (Wildman–Crippen MR) is 75.4 cm³/mol. The molecule has 1 aromatic heterocycles. The highest BCUT2D eigenvalue weighted by molar-refractivity contribution is 5.58. The Morgan fingerprint density at radius 2 is 2.00 bits per heavy atom. The molecule has 0 saturated carbocycles. The molecule has 0 aliphatic carbocycles. The Labute approximate surface area is 109 Å². The summed E-state index contributed by atoms with van der Waals surface area (Å²) in [4.78, 5) is 11.7. The molecule has 5 heteroatoms. The van der Waals surface area contributed by atoms with Gasteiger partial charge in [-0.3, -0.25) is 0 Å². The number of aromatic nitrogens is 2. The summed E-state index contributed by atoms with van der Waals surface area (Å²) in [7, 11) is 1.92. The molecular formula is C13H23N5. The highest BCUT2D eigenvalue weighted by Gasteiger charge is 2.17. The van der Waals surface area contributed by atoms with Gasteiger partial charge in [0, 0.05) is 45.2 Å². The molecule has 2 rings (SSSR count). The molecule has 100 valence electrons. The van der Waals surface area contributed by atoms with Gasteiger partial charge < -0.3 is 15.5 Å². The largest absolute Gasteiger partial charge is 0.373 e. The lowest BCUT2D eigenvalue weighted by Gasteiger charge is -2.30. The van der Waals surface area contributed by atoms with Gasteiger partial charge in [0.2, 0.25) is 0 Å². The van der Waals surface area contributed by atoms with Crippen molar-refractivity contribution in [3.05, 3.63) is 11.4 Å². The summed E-state index contributed by atoms with van der Waals surface area (Å²) < 4.78 is 0. The van der Waals surface area contributed by atoms with Gasteiger partial charge >= 0.3 is 0 Å². The maximum absolute atomic E-state index is 4.74. The van der Waals surface area contributed by atoms with Crippen LogP contribution in [-0.2, 0) is 6.42 Å². The lowest BCUT2D eigenvalue weighted by molar-refractivity contribution is 0.582. The van der Waals surface area contributed by atoms with Crippen molar-refractivity contribution >= 4 is 11.6 Å². The molecule has 2 N–H and O–H groups in total. The minimum atomic E-state index is 0.939. The first kappa shape index (κ1) is 13.1. The average Bonchev–Trinajstić information content (AvgIpc) is 2.42. The van der Waals surface area contributed by atoms with Crippen LogP contribution in [0.3, 0.4) is 0 Å². The molecule has 1 fully saturated rings. The standard InChI is InChI=1S/C13H23N5/c1-4-5-11-16-12(14-3)10(2)13(17-11)18-8-6-15-7-9-18/h15H,4-9H2,1-3H3,(H,14,16,17). The number of rotatable bonds is 4. The van der Waals surface area contributed by atoms with E-state index in [0.717, 1.165) is 62.0 Å². The van der Waals surface area contributed by atoms with Gasteiger partial charge in [0.1, 0.15) is 17.5 Å². The number of aryl methyl sites for hydroxylation is 1. The van der Waals surface area contributed by atoms with E-state index in [1.54, 1.807) is 0 Å². The van der Waals surface area contributed by atoms with Crippen molar-refractivity contribution in [2.75, 3.05) is 43.4 Å². The molecule has 0 amide bonds. The normalized spacial score (nSPS) is 15.8. The maximum atomic E-state index is 4.74. The van der Waals surface area contributed by atoms with Gasteiger partial charge in [-0.25, -0.2) is 9.97 Å². The van der Waals surface area contributed by atoms with Crippen LogP contribution in [0.5, 0.6) is 0 Å². The first-order valence-electron chi connectivity index (χ1n) is 6.77. The third-order valence-electron chi connectivity index (χ3n) is 3.29. The van der Waals surface area contributed by atoms with Crippen molar-refractivity contribution in [2.24, 2.45) is 0 Å². The molecule has 0 atom stereocenters. The average molecular weight is 249 g/mol. The zero-order chi connectivity index (χ0) is 13.0. The van der Waals surface area contributed by atoms with E-state index in [1.807, 2.05) is 7.05 Å². The summed E-state index contributed by atoms with van der Waals surface area (Å²) in [5.74, 6) is 3.00. The van der Waals surface area contributed by atoms with Gasteiger partial charge in [0.25, 0.3) is 0 Å². The summed E-state index contributed by atoms with van der Waals surface area (Å²) in [6, 6.07) is 0. The van der Waals surface area contributed by atoms with Crippen LogP contribution in [0.25, 0.3) is 0 Å². The van der Waals surface area contributed by atoms with E-state index in [0.29, 0.717) is 0 Å². The van der Waals surface area contributed by atoms with Crippen LogP contribution >= 0.6 is 0 Å². The molecule has 2 heterocycles. The fourth-order valence-electron chi connectivity index (χ4n) is 2.31. The Morgan fingerprint density at radius 1 is 1.28 bits per heavy atom. The van der Waals surface area contributed by atoms with Gasteiger partial charge in [-0.05, 0) is 13.3 Å². The summed E-state index contributed by atoms with van der Waals surface area (Å²) in [6.07, 6.45) is 2.02. The van der Waals surface area contributed by atoms with E-state index in [4.69, 9.17) is 4.98 Å². The molecule has 18 heavy (non-hydrogen) atoms. The Kier molecular flexibility index (Phi) is 4.36. The number of hydrogen-bond acceptors (Lipinski definition) is 5. The van der Waals surface area contributed by atoms with Crippen LogP contribution < -0.4 is 15.5 Å². The Hall–Kier alpha value is -1.36. The minimum Gasteiger partial charge on any atom is -0.373 e. The molecule has 0 unspecified atom stereocenters. The topological polar surface area (TPSA) is 53.1 Å². The molecule has 0 radical (unpaired) electrons. The fraction of sp³-hybridized carbons (Fsp3) is 0.692. The quantitative estimate of drug-likeness (QED) is 0.839. The first-order chi connectivity index (χ1) is 8.76. The monoisotopic (exact) mass is 249 g/mol. The van der Waals surface area contributed by atoms with E-state index in [2.05, 4.69) is 34.4 Å². The number of piperazine rings is 1. The summed E-state index contributed by atoms with van der Waals surface area (Å²) in [5, 5.41) is 6.55. The lowest BCUT2D eigenvalue weighted by atomic mass is 10.2. The van der Waals surface area contributed by atoms with Crippen molar-refractivity contribution < 1.29 is 0 Å². The van der Waals surface area contributed by atoms with Crippen LogP contribution in [-0.4, -0.2) is 43.2 Å². The number of hydrogen-bond donors (Lipinski definition) is 2. The second-order valence-corrected chi connectivity index (χ2v) is 4.67. The highest BCUT2D eigenvalue weighted by Crippen LogP contribution is 2.24. The second kappa shape index (κ2) is 6.00. The number of nitrogens with one attached hydrogen (secondary N) is 2. The lowest BCUT2D eigenvalue weighted by Crippen LogP contribution is -2.44. The SMILES string of the molecule is CCCc1nc(NC)c(C)c(N2CCNCC2)n1. The predicted octanol–water partition coefficient (Wildman–Crippen LogP) is 1.19. The van der Waals surface area contributed by atoms with E-state index >= 15 is 0 Å². The van der Waals surface area contributed by atoms with Crippen molar-refractivity contribution in [1.82, 2.24) is 15.3 Å². The Bertz CT molecular complexity index is 399. The van der Waals surface area contributed by atoms with E-state index < -0.39 is 0 Å². The molecule has 0 aromatic carbocycles. The van der Waals surface area contributed by atoms with Gasteiger partial charge in [-0.15, -0.1) is 0 Å². The van der Waals surface area contributed by atoms with Crippen LogP contribution in [0.2, 0.25) is 0 Å². The summed E-state index contributed by atoms with van der Waals surface area (Å²) >= 11 is 0. The van der Waals surface area contributed by atoms with E-state index in [-0.39, 0.29) is 0 Å². The maximum Gasteiger partial charge on any atom is 0.137 e. The Morgan fingerprint density at radius 3 is 2.61 bits per heavy atom. The van der Waals surface area contributed by atoms with Crippen molar-refractivity contribution in [3.63, 3.8) is 0 Å². The van der Waals surface area contributed by atoms with Crippen molar-refractivity contribution in [1.29, 1.82) is 0 Å². The van der Waals surface area contributed by atoms with Crippen molar-refractivity contribution in [3.8, 4) is 0 Å². The van der Waals surface area contributed by atoms with Crippen LogP contribution in [0.4, 0.5) is 11.6 Å². The second-order valence-electron chi connectivity index (χ2n) is 4.67. The molecule has 5 nitrogen and oxygen atoms in total. The van der Waals surface area contributed by atoms with Gasteiger partial charge in [-0.2, -0.15) is 0 Å². The first-order valence-corrected chi connectivity index (χ1v) is 6.77. The third kappa shape index (κ3) is 2.72.